The van der Waals surface area contributed by atoms with E-state index in [1.165, 1.54) is 29.5 Å². The third-order valence-corrected chi connectivity index (χ3v) is 7.43. The van der Waals surface area contributed by atoms with Crippen LogP contribution in [-0.2, 0) is 0 Å². The number of anilines is 1. The average molecular weight is 542 g/mol. The molecule has 0 fully saturated rings. The number of nitrogens with two attached hydrogens (primary N) is 1. The van der Waals surface area contributed by atoms with E-state index in [-0.39, 0.29) is 35.4 Å². The molecule has 39 heavy (non-hydrogen) atoms. The predicted molar refractivity (Wildman–Crippen MR) is 152 cm³/mol. The number of fused-ring (bicyclic) bond motifs is 1. The van der Waals surface area contributed by atoms with Gasteiger partial charge in [0.2, 0.25) is 0 Å². The van der Waals surface area contributed by atoms with Gasteiger partial charge >= 0.3 is 0 Å². The number of imidazole rings is 1. The van der Waals surface area contributed by atoms with E-state index in [9.17, 15) is 14.0 Å². The molecule has 3 aromatic carbocycles. The Hall–Kier alpha value is -4.37. The molecule has 0 aliphatic heterocycles. The molecule has 0 spiro atoms. The van der Waals surface area contributed by atoms with Gasteiger partial charge in [-0.15, -0.1) is 11.3 Å². The number of aromatic amines is 1. The number of hydrogen-bond acceptors (Lipinski definition) is 6. The molecule has 5 rings (SSSR count). The van der Waals surface area contributed by atoms with Gasteiger partial charge in [-0.25, -0.2) is 9.37 Å². The molecule has 1 amide bonds. The Morgan fingerprint density at radius 1 is 1.00 bits per heavy atom. The van der Waals surface area contributed by atoms with Gasteiger partial charge in [0.25, 0.3) is 5.91 Å². The summed E-state index contributed by atoms with van der Waals surface area (Å²) < 4.78 is 13.5. The first-order chi connectivity index (χ1) is 19.0. The van der Waals surface area contributed by atoms with Crippen molar-refractivity contribution >= 4 is 39.5 Å². The molecule has 0 radical (unpaired) electrons. The number of nitrogens with one attached hydrogen (secondary N) is 2. The van der Waals surface area contributed by atoms with E-state index in [2.05, 4.69) is 44.5 Å². The van der Waals surface area contributed by atoms with Crippen LogP contribution >= 0.6 is 11.3 Å². The Morgan fingerprint density at radius 3 is 2.67 bits per heavy atom. The Labute approximate surface area is 229 Å². The summed E-state index contributed by atoms with van der Waals surface area (Å²) in [6.07, 6.45) is 6.38. The molecule has 4 N–H and O–H groups in total. The highest BCUT2D eigenvalue weighted by Gasteiger charge is 2.20. The number of unbranched alkanes of at least 4 members (excludes halogenated alkanes) is 2. The highest BCUT2D eigenvalue weighted by Crippen LogP contribution is 2.26. The fourth-order valence-corrected chi connectivity index (χ4v) is 5.09. The number of nitrogens with zero attached hydrogens (tertiary/aromatic N) is 2. The summed E-state index contributed by atoms with van der Waals surface area (Å²) in [5.41, 5.74) is 9.85. The number of thiazole rings is 1. The van der Waals surface area contributed by atoms with Crippen LogP contribution in [0.15, 0.2) is 78.6 Å². The maximum absolute atomic E-state index is 13.5. The van der Waals surface area contributed by atoms with E-state index in [1.807, 2.05) is 18.2 Å². The Balaban J connectivity index is 1.25. The van der Waals surface area contributed by atoms with Crippen LogP contribution in [-0.4, -0.2) is 26.6 Å². The molecule has 0 saturated carbocycles. The van der Waals surface area contributed by atoms with Gasteiger partial charge in [0.05, 0.1) is 29.6 Å². The molecule has 0 aliphatic rings. The molecular formula is C30H28FN5O2S. The fraction of sp³-hybridized carbons (Fsp3) is 0.200. The highest BCUT2D eigenvalue weighted by molar-refractivity contribution is 7.11. The number of halogens is 1. The molecule has 1 atom stereocenters. The minimum Gasteiger partial charge on any atom is -0.398 e. The van der Waals surface area contributed by atoms with Crippen molar-refractivity contribution in [2.75, 3.05) is 5.73 Å². The summed E-state index contributed by atoms with van der Waals surface area (Å²) >= 11 is 1.28. The number of benzene rings is 3. The van der Waals surface area contributed by atoms with Gasteiger partial charge in [-0.05, 0) is 47.9 Å². The fourth-order valence-electron chi connectivity index (χ4n) is 4.57. The first-order valence-corrected chi connectivity index (χ1v) is 13.7. The van der Waals surface area contributed by atoms with Crippen molar-refractivity contribution in [2.45, 2.75) is 38.1 Å². The summed E-state index contributed by atoms with van der Waals surface area (Å²) in [5, 5.41) is 5.38. The third-order valence-electron chi connectivity index (χ3n) is 6.66. The monoisotopic (exact) mass is 541 g/mol. The molecule has 0 bridgehead atoms. The molecule has 0 saturated heterocycles. The minimum absolute atomic E-state index is 0.173. The Bertz CT molecular complexity index is 1600. The maximum Gasteiger partial charge on any atom is 0.263 e. The number of rotatable bonds is 11. The molecule has 2 heterocycles. The van der Waals surface area contributed by atoms with Crippen LogP contribution in [0.25, 0.3) is 22.0 Å². The van der Waals surface area contributed by atoms with E-state index in [0.29, 0.717) is 23.5 Å². The zero-order chi connectivity index (χ0) is 27.2. The van der Waals surface area contributed by atoms with Crippen LogP contribution < -0.4 is 11.1 Å². The largest absolute Gasteiger partial charge is 0.398 e. The summed E-state index contributed by atoms with van der Waals surface area (Å²) in [5.74, 6) is -0.191. The molecule has 0 aliphatic carbocycles. The standard InChI is InChI=1S/C30H28FN5O2S/c31-22-12-13-24(32)23(15-22)27(37)9-3-1-2-8-25(36-30(38)28-17-33-18-39-28)29-34-16-26(35-29)21-11-10-19-6-4-5-7-20(19)14-21/h4-7,10-18,25H,1-3,8-9,32H2,(H,34,35)(H,36,38)/t25-/m0/s1. The normalized spacial score (nSPS) is 11.9. The lowest BCUT2D eigenvalue weighted by Crippen LogP contribution is -2.28. The molecule has 5 aromatic rings. The van der Waals surface area contributed by atoms with Gasteiger partial charge < -0.3 is 16.0 Å². The maximum atomic E-state index is 13.5. The zero-order valence-corrected chi connectivity index (χ0v) is 22.0. The van der Waals surface area contributed by atoms with Crippen molar-refractivity contribution in [1.29, 1.82) is 0 Å². The SMILES string of the molecule is Nc1ccc(F)cc1C(=O)CCCCC[C@H](NC(=O)c1cncs1)c1ncc(-c2ccc3ccccc3c2)[nH]1. The van der Waals surface area contributed by atoms with Crippen LogP contribution in [0.3, 0.4) is 0 Å². The van der Waals surface area contributed by atoms with Crippen LogP contribution in [0.5, 0.6) is 0 Å². The number of Topliss-reactive ketones (excluding diaryl/α,β-unsaturated/α-hetero) is 1. The van der Waals surface area contributed by atoms with Gasteiger partial charge in [0, 0.05) is 23.2 Å². The van der Waals surface area contributed by atoms with Crippen LogP contribution in [0, 0.1) is 5.82 Å². The number of aromatic nitrogens is 3. The first kappa shape index (κ1) is 26.2. The molecule has 198 valence electrons. The third kappa shape index (κ3) is 6.38. The van der Waals surface area contributed by atoms with Crippen molar-refractivity contribution < 1.29 is 14.0 Å². The topological polar surface area (TPSA) is 114 Å². The van der Waals surface area contributed by atoms with Gasteiger partial charge in [-0.1, -0.05) is 49.2 Å². The number of nitrogen functional groups attached to an aromatic ring is 1. The van der Waals surface area contributed by atoms with Crippen molar-refractivity contribution in [3.63, 3.8) is 0 Å². The second-order valence-electron chi connectivity index (χ2n) is 9.39. The lowest BCUT2D eigenvalue weighted by molar-refractivity contribution is 0.0935. The second kappa shape index (κ2) is 12.0. The van der Waals surface area contributed by atoms with E-state index in [1.54, 1.807) is 17.9 Å². The lowest BCUT2D eigenvalue weighted by atomic mass is 10.0. The van der Waals surface area contributed by atoms with Crippen molar-refractivity contribution in [2.24, 2.45) is 0 Å². The molecule has 0 unspecified atom stereocenters. The number of ketones is 1. The average Bonchev–Trinajstić information content (AvgIpc) is 3.66. The van der Waals surface area contributed by atoms with Crippen molar-refractivity contribution in [3.05, 3.63) is 101 Å². The number of carbonyl (C=O) groups excluding carboxylic acids is 2. The van der Waals surface area contributed by atoms with E-state index >= 15 is 0 Å². The first-order valence-electron chi connectivity index (χ1n) is 12.8. The van der Waals surface area contributed by atoms with Crippen LogP contribution in [0.2, 0.25) is 0 Å². The predicted octanol–water partition coefficient (Wildman–Crippen LogP) is 6.71. The molecule has 7 nitrogen and oxygen atoms in total. The van der Waals surface area contributed by atoms with E-state index < -0.39 is 5.82 Å². The van der Waals surface area contributed by atoms with E-state index in [4.69, 9.17) is 5.73 Å². The lowest BCUT2D eigenvalue weighted by Gasteiger charge is -2.16. The van der Waals surface area contributed by atoms with Crippen LogP contribution in [0.1, 0.15) is 64.0 Å². The summed E-state index contributed by atoms with van der Waals surface area (Å²) in [6, 6.07) is 17.9. The summed E-state index contributed by atoms with van der Waals surface area (Å²) in [6.45, 7) is 0. The molecule has 9 heteroatoms. The van der Waals surface area contributed by atoms with Gasteiger partial charge in [0.1, 0.15) is 16.5 Å². The Kier molecular flexibility index (Phi) is 8.07. The van der Waals surface area contributed by atoms with Gasteiger partial charge in [-0.3, -0.25) is 14.6 Å². The quantitative estimate of drug-likeness (QED) is 0.0977. The minimum atomic E-state index is -0.478. The number of hydrogen-bond donors (Lipinski definition) is 3. The second-order valence-corrected chi connectivity index (χ2v) is 10.3. The van der Waals surface area contributed by atoms with Crippen LogP contribution in [0.4, 0.5) is 10.1 Å². The van der Waals surface area contributed by atoms with Crippen molar-refractivity contribution in [1.82, 2.24) is 20.3 Å². The number of H-pyrrole nitrogens is 1. The number of carbonyl (C=O) groups is 2. The Morgan fingerprint density at radius 2 is 1.85 bits per heavy atom. The smallest absolute Gasteiger partial charge is 0.263 e. The number of amides is 1. The molecule has 2 aromatic heterocycles. The highest BCUT2D eigenvalue weighted by atomic mass is 32.1. The van der Waals surface area contributed by atoms with E-state index in [0.717, 1.165) is 34.9 Å². The molecular weight excluding hydrogens is 513 g/mol. The van der Waals surface area contributed by atoms with Crippen molar-refractivity contribution in [3.8, 4) is 11.3 Å². The van der Waals surface area contributed by atoms with Gasteiger partial charge in [-0.2, -0.15) is 0 Å². The summed E-state index contributed by atoms with van der Waals surface area (Å²) in [7, 11) is 0. The summed E-state index contributed by atoms with van der Waals surface area (Å²) in [4.78, 5) is 37.9. The van der Waals surface area contributed by atoms with Gasteiger partial charge in [0.15, 0.2) is 5.78 Å². The zero-order valence-electron chi connectivity index (χ0n) is 21.2.